The van der Waals surface area contributed by atoms with Crippen LogP contribution in [0.25, 0.3) is 0 Å². The average molecular weight is 199 g/mol. The van der Waals surface area contributed by atoms with Crippen molar-refractivity contribution in [2.24, 2.45) is 0 Å². The number of nitro benzene ring substituents is 1. The number of aliphatic hydroxyl groups excluding tert-OH is 1. The Morgan fingerprint density at radius 2 is 2.29 bits per heavy atom. The van der Waals surface area contributed by atoms with Crippen LogP contribution in [0.3, 0.4) is 0 Å². The minimum Gasteiger partial charge on any atom is -0.393 e. The van der Waals surface area contributed by atoms with Crippen LogP contribution < -0.4 is 0 Å². The number of rotatable bonds is 3. The third-order valence-electron chi connectivity index (χ3n) is 1.76. The summed E-state index contributed by atoms with van der Waals surface area (Å²) in [5, 5.41) is 19.3. The lowest BCUT2D eigenvalue weighted by molar-refractivity contribution is -0.385. The molecule has 1 rings (SSSR count). The molecule has 0 radical (unpaired) electrons. The Morgan fingerprint density at radius 1 is 1.64 bits per heavy atom. The first-order valence-corrected chi connectivity index (χ1v) is 4.11. The highest BCUT2D eigenvalue weighted by atomic mass is 19.1. The highest BCUT2D eigenvalue weighted by Crippen LogP contribution is 2.17. The zero-order chi connectivity index (χ0) is 10.7. The van der Waals surface area contributed by atoms with E-state index in [1.807, 2.05) is 0 Å². The maximum absolute atomic E-state index is 13.2. The van der Waals surface area contributed by atoms with Gasteiger partial charge in [-0.1, -0.05) is 0 Å². The summed E-state index contributed by atoms with van der Waals surface area (Å²) >= 11 is 0. The van der Waals surface area contributed by atoms with Crippen LogP contribution in [0.2, 0.25) is 0 Å². The Morgan fingerprint density at radius 3 is 2.71 bits per heavy atom. The van der Waals surface area contributed by atoms with Crippen molar-refractivity contribution in [2.75, 3.05) is 0 Å². The van der Waals surface area contributed by atoms with Gasteiger partial charge in [-0.05, 0) is 18.6 Å². The molecular weight excluding hydrogens is 189 g/mol. The van der Waals surface area contributed by atoms with E-state index in [9.17, 15) is 14.5 Å². The fourth-order valence-corrected chi connectivity index (χ4v) is 1.13. The molecule has 1 atom stereocenters. The molecule has 0 fully saturated rings. The van der Waals surface area contributed by atoms with Crippen molar-refractivity contribution in [1.82, 2.24) is 0 Å². The van der Waals surface area contributed by atoms with Crippen LogP contribution in [0.15, 0.2) is 18.2 Å². The van der Waals surface area contributed by atoms with E-state index in [1.165, 1.54) is 19.1 Å². The molecule has 0 aliphatic heterocycles. The minimum absolute atomic E-state index is 0.157. The molecule has 4 nitrogen and oxygen atoms in total. The topological polar surface area (TPSA) is 63.4 Å². The first kappa shape index (κ1) is 10.6. The van der Waals surface area contributed by atoms with Crippen LogP contribution >= 0.6 is 0 Å². The SMILES string of the molecule is CC(O)Cc1ccc([N+](=O)[O-])cc1F. The predicted molar refractivity (Wildman–Crippen MR) is 48.4 cm³/mol. The van der Waals surface area contributed by atoms with Gasteiger partial charge in [0, 0.05) is 12.5 Å². The number of aliphatic hydroxyl groups is 1. The van der Waals surface area contributed by atoms with Crippen molar-refractivity contribution in [3.8, 4) is 0 Å². The van der Waals surface area contributed by atoms with E-state index in [4.69, 9.17) is 5.11 Å². The molecule has 0 saturated heterocycles. The van der Waals surface area contributed by atoms with Gasteiger partial charge < -0.3 is 5.11 Å². The van der Waals surface area contributed by atoms with Gasteiger partial charge >= 0.3 is 0 Å². The van der Waals surface area contributed by atoms with Crippen LogP contribution in [-0.2, 0) is 6.42 Å². The third kappa shape index (κ3) is 2.50. The van der Waals surface area contributed by atoms with Crippen molar-refractivity contribution >= 4 is 5.69 Å². The number of hydrogen-bond acceptors (Lipinski definition) is 3. The first-order chi connectivity index (χ1) is 6.50. The molecule has 0 amide bonds. The van der Waals surface area contributed by atoms with Gasteiger partial charge in [-0.3, -0.25) is 10.1 Å². The second kappa shape index (κ2) is 4.15. The minimum atomic E-state index is -0.661. The Labute approximate surface area is 80.1 Å². The maximum Gasteiger partial charge on any atom is 0.272 e. The highest BCUT2D eigenvalue weighted by Gasteiger charge is 2.11. The molecule has 0 aliphatic carbocycles. The van der Waals surface area contributed by atoms with Gasteiger partial charge in [-0.2, -0.15) is 0 Å². The number of nitrogens with zero attached hydrogens (tertiary/aromatic N) is 1. The summed E-state index contributed by atoms with van der Waals surface area (Å²) in [5.41, 5.74) is 0.00226. The van der Waals surface area contributed by atoms with Crippen LogP contribution in [0, 0.1) is 15.9 Å². The zero-order valence-electron chi connectivity index (χ0n) is 7.61. The van der Waals surface area contributed by atoms with Gasteiger partial charge in [0.25, 0.3) is 5.69 Å². The fourth-order valence-electron chi connectivity index (χ4n) is 1.13. The molecular formula is C9H10FNO3. The first-order valence-electron chi connectivity index (χ1n) is 4.11. The fraction of sp³-hybridized carbons (Fsp3) is 0.333. The molecule has 0 aliphatic rings. The van der Waals surface area contributed by atoms with Gasteiger partial charge in [0.15, 0.2) is 0 Å². The average Bonchev–Trinajstić information content (AvgIpc) is 2.07. The molecule has 0 heterocycles. The van der Waals surface area contributed by atoms with Crippen molar-refractivity contribution in [1.29, 1.82) is 0 Å². The lowest BCUT2D eigenvalue weighted by Gasteiger charge is -2.04. The number of non-ortho nitro benzene ring substituents is 1. The second-order valence-electron chi connectivity index (χ2n) is 3.09. The van der Waals surface area contributed by atoms with Gasteiger partial charge in [-0.15, -0.1) is 0 Å². The van der Waals surface area contributed by atoms with Gasteiger partial charge in [-0.25, -0.2) is 4.39 Å². The van der Waals surface area contributed by atoms with Crippen molar-refractivity contribution in [3.63, 3.8) is 0 Å². The standard InChI is InChI=1S/C9H10FNO3/c1-6(12)4-7-2-3-8(11(13)14)5-9(7)10/h2-3,5-6,12H,4H2,1H3. The van der Waals surface area contributed by atoms with E-state index < -0.39 is 16.8 Å². The molecule has 0 spiro atoms. The molecule has 14 heavy (non-hydrogen) atoms. The summed E-state index contributed by atoms with van der Waals surface area (Å²) in [4.78, 5) is 9.62. The molecule has 0 saturated carbocycles. The van der Waals surface area contributed by atoms with Gasteiger partial charge in [0.1, 0.15) is 5.82 Å². The molecule has 0 bridgehead atoms. The van der Waals surface area contributed by atoms with Crippen molar-refractivity contribution in [2.45, 2.75) is 19.4 Å². The van der Waals surface area contributed by atoms with Crippen LogP contribution in [0.1, 0.15) is 12.5 Å². The molecule has 5 heteroatoms. The van der Waals surface area contributed by atoms with Crippen molar-refractivity contribution in [3.05, 3.63) is 39.7 Å². The molecule has 0 aromatic heterocycles. The summed E-state index contributed by atoms with van der Waals surface area (Å²) in [6.45, 7) is 1.53. The summed E-state index contributed by atoms with van der Waals surface area (Å²) in [6, 6.07) is 3.40. The van der Waals surface area contributed by atoms with Crippen molar-refractivity contribution < 1.29 is 14.4 Å². The molecule has 76 valence electrons. The quantitative estimate of drug-likeness (QED) is 0.594. The molecule has 1 aromatic rings. The van der Waals surface area contributed by atoms with E-state index in [0.29, 0.717) is 0 Å². The van der Waals surface area contributed by atoms with Gasteiger partial charge in [0.2, 0.25) is 0 Å². The third-order valence-corrected chi connectivity index (χ3v) is 1.76. The largest absolute Gasteiger partial charge is 0.393 e. The summed E-state index contributed by atoms with van der Waals surface area (Å²) in [6.07, 6.45) is -0.505. The lowest BCUT2D eigenvalue weighted by atomic mass is 10.1. The van der Waals surface area contributed by atoms with E-state index in [2.05, 4.69) is 0 Å². The monoisotopic (exact) mass is 199 g/mol. The van der Waals surface area contributed by atoms with Crippen LogP contribution in [-0.4, -0.2) is 16.1 Å². The Balaban J connectivity index is 2.95. The van der Waals surface area contributed by atoms with Gasteiger partial charge in [0.05, 0.1) is 17.1 Å². The summed E-state index contributed by atoms with van der Waals surface area (Å²) in [7, 11) is 0. The molecule has 1 unspecified atom stereocenters. The lowest BCUT2D eigenvalue weighted by Crippen LogP contribution is -2.06. The predicted octanol–water partition coefficient (Wildman–Crippen LogP) is 1.66. The molecule has 1 aromatic carbocycles. The number of hydrogen-bond donors (Lipinski definition) is 1. The maximum atomic E-state index is 13.2. The summed E-state index contributed by atoms with van der Waals surface area (Å²) < 4.78 is 13.2. The van der Waals surface area contributed by atoms with Crippen LogP contribution in [0.5, 0.6) is 0 Å². The Hall–Kier alpha value is -1.49. The van der Waals surface area contributed by atoms with E-state index in [1.54, 1.807) is 0 Å². The smallest absolute Gasteiger partial charge is 0.272 e. The highest BCUT2D eigenvalue weighted by molar-refractivity contribution is 5.34. The van der Waals surface area contributed by atoms with E-state index in [-0.39, 0.29) is 17.7 Å². The van der Waals surface area contributed by atoms with E-state index >= 15 is 0 Å². The van der Waals surface area contributed by atoms with E-state index in [0.717, 1.165) is 6.07 Å². The molecule has 1 N–H and O–H groups in total. The normalized spacial score (nSPS) is 12.5. The number of nitro groups is 1. The Bertz CT molecular complexity index is 352. The Kier molecular flexibility index (Phi) is 3.14. The van der Waals surface area contributed by atoms with Crippen LogP contribution in [0.4, 0.5) is 10.1 Å². The number of benzene rings is 1. The zero-order valence-corrected chi connectivity index (χ0v) is 7.61. The summed E-state index contributed by atoms with van der Waals surface area (Å²) in [5.74, 6) is -0.653. The second-order valence-corrected chi connectivity index (χ2v) is 3.09. The number of halogens is 1.